The van der Waals surface area contributed by atoms with Crippen LogP contribution in [0, 0.1) is 0 Å². The van der Waals surface area contributed by atoms with Crippen molar-refractivity contribution in [3.05, 3.63) is 29.8 Å². The maximum absolute atomic E-state index is 10.8. The zero-order valence-electron chi connectivity index (χ0n) is 10.9. The molecule has 0 saturated carbocycles. The Morgan fingerprint density at radius 3 is 2.53 bits per heavy atom. The quantitative estimate of drug-likeness (QED) is 0.865. The first-order valence-corrected chi connectivity index (χ1v) is 7.40. The Hall–Kier alpha value is -1.27. The van der Waals surface area contributed by atoms with Crippen LogP contribution >= 0.6 is 24.0 Å². The molecule has 1 aliphatic rings. The van der Waals surface area contributed by atoms with Gasteiger partial charge in [-0.05, 0) is 38.1 Å². The second-order valence-corrected chi connectivity index (χ2v) is 6.21. The third kappa shape index (κ3) is 3.19. The fraction of sp³-hybridized carbons (Fsp3) is 0.385. The van der Waals surface area contributed by atoms with Crippen molar-refractivity contribution in [3.8, 4) is 0 Å². The molecule has 1 saturated heterocycles. The van der Waals surface area contributed by atoms with Crippen LogP contribution in [0.25, 0.3) is 0 Å². The molecule has 0 amide bonds. The summed E-state index contributed by atoms with van der Waals surface area (Å²) in [6.45, 7) is 4.98. The molecule has 1 aliphatic heterocycles. The lowest BCUT2D eigenvalue weighted by Crippen LogP contribution is -2.48. The molecule has 2 rings (SSSR count). The molecule has 6 heteroatoms. The summed E-state index contributed by atoms with van der Waals surface area (Å²) in [5.41, 5.74) is 1.33. The molecule has 1 heterocycles. The summed E-state index contributed by atoms with van der Waals surface area (Å²) in [6.07, 6.45) is 0. The summed E-state index contributed by atoms with van der Waals surface area (Å²) in [5, 5.41) is 8.89. The Balaban J connectivity index is 2.13. The molecule has 0 radical (unpaired) electrons. The SMILES string of the molecule is CC(C)N1CN(c2ccc(C(=O)O)cc2)CSC1=S. The van der Waals surface area contributed by atoms with Gasteiger partial charge in [0, 0.05) is 11.7 Å². The van der Waals surface area contributed by atoms with E-state index in [1.165, 1.54) is 0 Å². The van der Waals surface area contributed by atoms with Crippen LogP contribution in [0.3, 0.4) is 0 Å². The minimum Gasteiger partial charge on any atom is -0.478 e. The van der Waals surface area contributed by atoms with Gasteiger partial charge in [0.2, 0.25) is 0 Å². The summed E-state index contributed by atoms with van der Waals surface area (Å²) in [7, 11) is 0. The number of carboxylic acid groups (broad SMARTS) is 1. The molecule has 4 nitrogen and oxygen atoms in total. The lowest BCUT2D eigenvalue weighted by Gasteiger charge is -2.40. The number of thioether (sulfide) groups is 1. The Kier molecular flexibility index (Phi) is 4.31. The van der Waals surface area contributed by atoms with Crippen molar-refractivity contribution in [1.82, 2.24) is 4.90 Å². The van der Waals surface area contributed by atoms with Crippen molar-refractivity contribution in [2.45, 2.75) is 19.9 Å². The van der Waals surface area contributed by atoms with Crippen molar-refractivity contribution in [2.24, 2.45) is 0 Å². The highest BCUT2D eigenvalue weighted by Crippen LogP contribution is 2.26. The highest BCUT2D eigenvalue weighted by Gasteiger charge is 2.23. The van der Waals surface area contributed by atoms with Crippen molar-refractivity contribution in [2.75, 3.05) is 17.4 Å². The molecular weight excluding hydrogens is 280 g/mol. The van der Waals surface area contributed by atoms with Gasteiger partial charge in [-0.1, -0.05) is 24.0 Å². The number of carbonyl (C=O) groups is 1. The fourth-order valence-corrected chi connectivity index (χ4v) is 3.20. The predicted octanol–water partition coefficient (Wildman–Crippen LogP) is 2.85. The van der Waals surface area contributed by atoms with Crippen LogP contribution in [0.2, 0.25) is 0 Å². The zero-order chi connectivity index (χ0) is 14.0. The molecule has 0 aliphatic carbocycles. The molecular formula is C13H16N2O2S2. The average molecular weight is 296 g/mol. The topological polar surface area (TPSA) is 43.8 Å². The molecule has 1 aromatic carbocycles. The molecule has 0 atom stereocenters. The highest BCUT2D eigenvalue weighted by atomic mass is 32.2. The molecule has 102 valence electrons. The van der Waals surface area contributed by atoms with Gasteiger partial charge in [0.1, 0.15) is 4.32 Å². The van der Waals surface area contributed by atoms with E-state index in [1.807, 2.05) is 12.1 Å². The van der Waals surface area contributed by atoms with E-state index in [4.69, 9.17) is 17.3 Å². The van der Waals surface area contributed by atoms with E-state index in [2.05, 4.69) is 23.6 Å². The van der Waals surface area contributed by atoms with Gasteiger partial charge in [0.15, 0.2) is 0 Å². The first-order chi connectivity index (χ1) is 8.99. The van der Waals surface area contributed by atoms with Crippen LogP contribution in [-0.4, -0.2) is 38.9 Å². The third-order valence-electron chi connectivity index (χ3n) is 3.00. The van der Waals surface area contributed by atoms with Crippen LogP contribution < -0.4 is 4.90 Å². The molecule has 0 unspecified atom stereocenters. The van der Waals surface area contributed by atoms with E-state index in [-0.39, 0.29) is 0 Å². The van der Waals surface area contributed by atoms with E-state index in [0.717, 1.165) is 22.6 Å². The van der Waals surface area contributed by atoms with E-state index < -0.39 is 5.97 Å². The number of hydrogen-bond donors (Lipinski definition) is 1. The highest BCUT2D eigenvalue weighted by molar-refractivity contribution is 8.23. The predicted molar refractivity (Wildman–Crippen MR) is 82.8 cm³/mol. The maximum atomic E-state index is 10.8. The summed E-state index contributed by atoms with van der Waals surface area (Å²) < 4.78 is 0.924. The lowest BCUT2D eigenvalue weighted by atomic mass is 10.2. The summed E-state index contributed by atoms with van der Waals surface area (Å²) in [5.74, 6) is -0.0985. The fourth-order valence-electron chi connectivity index (χ4n) is 1.84. The summed E-state index contributed by atoms with van der Waals surface area (Å²) in [6, 6.07) is 7.32. The molecule has 0 spiro atoms. The summed E-state index contributed by atoms with van der Waals surface area (Å²) >= 11 is 6.98. The number of benzene rings is 1. The minimum atomic E-state index is -0.899. The monoisotopic (exact) mass is 296 g/mol. The number of carboxylic acids is 1. The third-order valence-corrected chi connectivity index (χ3v) is 4.51. The number of rotatable bonds is 3. The molecule has 1 aromatic rings. The standard InChI is InChI=1S/C13H16N2O2S2/c1-9(2)15-7-14(8-19-13(15)18)11-5-3-10(4-6-11)12(16)17/h3-6,9H,7-8H2,1-2H3,(H,16,17). The van der Waals surface area contributed by atoms with Crippen molar-refractivity contribution in [1.29, 1.82) is 0 Å². The first kappa shape index (κ1) is 14.1. The van der Waals surface area contributed by atoms with Crippen LogP contribution in [-0.2, 0) is 0 Å². The number of anilines is 1. The van der Waals surface area contributed by atoms with Gasteiger partial charge in [-0.15, -0.1) is 0 Å². The van der Waals surface area contributed by atoms with Crippen LogP contribution in [0.15, 0.2) is 24.3 Å². The van der Waals surface area contributed by atoms with Gasteiger partial charge in [-0.2, -0.15) is 0 Å². The Morgan fingerprint density at radius 1 is 1.37 bits per heavy atom. The smallest absolute Gasteiger partial charge is 0.335 e. The van der Waals surface area contributed by atoms with E-state index in [1.54, 1.807) is 23.9 Å². The lowest BCUT2D eigenvalue weighted by molar-refractivity contribution is 0.0697. The number of thiocarbonyl (C=S) groups is 1. The maximum Gasteiger partial charge on any atom is 0.335 e. The van der Waals surface area contributed by atoms with E-state index in [9.17, 15) is 4.79 Å². The molecule has 1 N–H and O–H groups in total. The first-order valence-electron chi connectivity index (χ1n) is 6.00. The second kappa shape index (κ2) is 5.79. The molecule has 0 aromatic heterocycles. The van der Waals surface area contributed by atoms with Gasteiger partial charge in [-0.3, -0.25) is 0 Å². The summed E-state index contributed by atoms with van der Waals surface area (Å²) in [4.78, 5) is 15.2. The minimum absolute atomic E-state index is 0.310. The largest absolute Gasteiger partial charge is 0.478 e. The number of hydrogen-bond acceptors (Lipinski definition) is 4. The molecule has 0 bridgehead atoms. The van der Waals surface area contributed by atoms with Gasteiger partial charge < -0.3 is 14.9 Å². The van der Waals surface area contributed by atoms with Gasteiger partial charge >= 0.3 is 5.97 Å². The Labute approximate surface area is 122 Å². The normalized spacial score (nSPS) is 16.1. The van der Waals surface area contributed by atoms with Crippen molar-refractivity contribution < 1.29 is 9.90 Å². The van der Waals surface area contributed by atoms with Gasteiger partial charge in [-0.25, -0.2) is 4.79 Å². The van der Waals surface area contributed by atoms with Crippen LogP contribution in [0.1, 0.15) is 24.2 Å². The van der Waals surface area contributed by atoms with E-state index in [0.29, 0.717) is 11.6 Å². The number of aromatic carboxylic acids is 1. The second-order valence-electron chi connectivity index (χ2n) is 4.64. The Morgan fingerprint density at radius 2 is 2.00 bits per heavy atom. The Bertz CT molecular complexity index is 488. The molecule has 1 fully saturated rings. The van der Waals surface area contributed by atoms with Gasteiger partial charge in [0.25, 0.3) is 0 Å². The zero-order valence-corrected chi connectivity index (χ0v) is 12.5. The van der Waals surface area contributed by atoms with Gasteiger partial charge in [0.05, 0.1) is 18.1 Å². The van der Waals surface area contributed by atoms with Crippen LogP contribution in [0.5, 0.6) is 0 Å². The van der Waals surface area contributed by atoms with Crippen molar-refractivity contribution in [3.63, 3.8) is 0 Å². The van der Waals surface area contributed by atoms with Crippen molar-refractivity contribution >= 4 is 40.0 Å². The van der Waals surface area contributed by atoms with Crippen LogP contribution in [0.4, 0.5) is 5.69 Å². The number of nitrogens with zero attached hydrogens (tertiary/aromatic N) is 2. The average Bonchev–Trinajstić information content (AvgIpc) is 2.39. The van der Waals surface area contributed by atoms with E-state index >= 15 is 0 Å². The molecule has 19 heavy (non-hydrogen) atoms.